The molecule has 4 aromatic rings. The molecule has 0 aliphatic heterocycles. The SMILES string of the molecule is CCc1ccc(OCC(=O)Oc2ccc3nc(-c4ccccc4)oc3c2)cc1. The van der Waals surface area contributed by atoms with Gasteiger partial charge in [0.05, 0.1) is 0 Å². The average Bonchev–Trinajstić information content (AvgIpc) is 3.17. The van der Waals surface area contributed by atoms with E-state index in [0.29, 0.717) is 28.5 Å². The molecule has 5 heteroatoms. The summed E-state index contributed by atoms with van der Waals surface area (Å²) in [6.07, 6.45) is 0.957. The standard InChI is InChI=1S/C23H19NO4/c1-2-16-8-10-18(11-9-16)26-15-22(25)27-19-12-13-20-21(14-19)28-23(24-20)17-6-4-3-5-7-17/h3-14H,2,15H2,1H3. The molecule has 5 nitrogen and oxygen atoms in total. The monoisotopic (exact) mass is 373 g/mol. The summed E-state index contributed by atoms with van der Waals surface area (Å²) in [7, 11) is 0. The van der Waals surface area contributed by atoms with Crippen LogP contribution in [0.1, 0.15) is 12.5 Å². The first-order chi connectivity index (χ1) is 13.7. The minimum atomic E-state index is -0.485. The maximum atomic E-state index is 12.1. The van der Waals surface area contributed by atoms with Crippen molar-refractivity contribution in [3.8, 4) is 23.0 Å². The van der Waals surface area contributed by atoms with Crippen LogP contribution in [0.25, 0.3) is 22.6 Å². The van der Waals surface area contributed by atoms with Gasteiger partial charge in [0.25, 0.3) is 0 Å². The van der Waals surface area contributed by atoms with Crippen LogP contribution in [-0.2, 0) is 11.2 Å². The molecule has 0 saturated heterocycles. The number of esters is 1. The van der Waals surface area contributed by atoms with Crippen molar-refractivity contribution in [3.63, 3.8) is 0 Å². The van der Waals surface area contributed by atoms with E-state index in [4.69, 9.17) is 13.9 Å². The zero-order valence-electron chi connectivity index (χ0n) is 15.4. The summed E-state index contributed by atoms with van der Waals surface area (Å²) in [4.78, 5) is 16.5. The van der Waals surface area contributed by atoms with Gasteiger partial charge in [-0.05, 0) is 48.4 Å². The van der Waals surface area contributed by atoms with Gasteiger partial charge >= 0.3 is 5.97 Å². The second-order valence-electron chi connectivity index (χ2n) is 6.27. The van der Waals surface area contributed by atoms with Gasteiger partial charge in [0.2, 0.25) is 5.89 Å². The molecule has 0 atom stereocenters. The van der Waals surface area contributed by atoms with Crippen molar-refractivity contribution >= 4 is 17.1 Å². The van der Waals surface area contributed by atoms with E-state index in [1.54, 1.807) is 18.2 Å². The molecule has 0 N–H and O–H groups in total. The summed E-state index contributed by atoms with van der Waals surface area (Å²) in [6, 6.07) is 22.4. The van der Waals surface area contributed by atoms with Crippen molar-refractivity contribution in [2.45, 2.75) is 13.3 Å². The fourth-order valence-corrected chi connectivity index (χ4v) is 2.80. The lowest BCUT2D eigenvalue weighted by atomic mass is 10.2. The molecule has 4 rings (SSSR count). The van der Waals surface area contributed by atoms with E-state index in [9.17, 15) is 4.79 Å². The number of ether oxygens (including phenoxy) is 2. The minimum absolute atomic E-state index is 0.171. The van der Waals surface area contributed by atoms with Crippen molar-refractivity contribution in [3.05, 3.63) is 78.4 Å². The highest BCUT2D eigenvalue weighted by atomic mass is 16.6. The molecule has 1 heterocycles. The summed E-state index contributed by atoms with van der Waals surface area (Å²) in [5, 5.41) is 0. The molecular formula is C23H19NO4. The highest BCUT2D eigenvalue weighted by molar-refractivity contribution is 5.80. The predicted molar refractivity (Wildman–Crippen MR) is 106 cm³/mol. The van der Waals surface area contributed by atoms with Gasteiger partial charge in [-0.1, -0.05) is 37.3 Å². The molecule has 0 aliphatic carbocycles. The number of carbonyl (C=O) groups excluding carboxylic acids is 1. The molecule has 0 radical (unpaired) electrons. The van der Waals surface area contributed by atoms with Crippen LogP contribution < -0.4 is 9.47 Å². The molecule has 0 aliphatic rings. The van der Waals surface area contributed by atoms with E-state index in [-0.39, 0.29) is 6.61 Å². The first-order valence-electron chi connectivity index (χ1n) is 9.09. The number of benzene rings is 3. The van der Waals surface area contributed by atoms with E-state index in [0.717, 1.165) is 12.0 Å². The molecule has 0 unspecified atom stereocenters. The zero-order valence-corrected chi connectivity index (χ0v) is 15.4. The molecule has 140 valence electrons. The first kappa shape index (κ1) is 17.8. The van der Waals surface area contributed by atoms with Gasteiger partial charge in [-0.3, -0.25) is 0 Å². The number of nitrogens with zero attached hydrogens (tertiary/aromatic N) is 1. The third-order valence-electron chi connectivity index (χ3n) is 4.30. The fraction of sp³-hybridized carbons (Fsp3) is 0.130. The Morgan fingerprint density at radius 1 is 0.964 bits per heavy atom. The van der Waals surface area contributed by atoms with Crippen LogP contribution in [0, 0.1) is 0 Å². The Labute approximate surface area is 162 Å². The Morgan fingerprint density at radius 3 is 2.46 bits per heavy atom. The maximum absolute atomic E-state index is 12.1. The van der Waals surface area contributed by atoms with Crippen molar-refractivity contribution in [1.29, 1.82) is 0 Å². The number of fused-ring (bicyclic) bond motifs is 1. The Balaban J connectivity index is 1.41. The van der Waals surface area contributed by atoms with Crippen LogP contribution in [0.2, 0.25) is 0 Å². The number of carbonyl (C=O) groups is 1. The number of oxazole rings is 1. The van der Waals surface area contributed by atoms with Crippen molar-refractivity contribution < 1.29 is 18.7 Å². The van der Waals surface area contributed by atoms with Crippen LogP contribution in [-0.4, -0.2) is 17.6 Å². The zero-order chi connectivity index (χ0) is 19.3. The molecular weight excluding hydrogens is 354 g/mol. The Morgan fingerprint density at radius 2 is 1.71 bits per heavy atom. The van der Waals surface area contributed by atoms with Crippen LogP contribution >= 0.6 is 0 Å². The normalized spacial score (nSPS) is 10.8. The van der Waals surface area contributed by atoms with Gasteiger partial charge in [0, 0.05) is 11.6 Å². The molecule has 1 aromatic heterocycles. The highest BCUT2D eigenvalue weighted by Crippen LogP contribution is 2.27. The van der Waals surface area contributed by atoms with Crippen LogP contribution in [0.3, 0.4) is 0 Å². The maximum Gasteiger partial charge on any atom is 0.349 e. The summed E-state index contributed by atoms with van der Waals surface area (Å²) < 4.78 is 16.6. The van der Waals surface area contributed by atoms with Gasteiger partial charge in [-0.2, -0.15) is 0 Å². The number of aryl methyl sites for hydroxylation is 1. The van der Waals surface area contributed by atoms with Crippen molar-refractivity contribution in [2.24, 2.45) is 0 Å². The van der Waals surface area contributed by atoms with Crippen LogP contribution in [0.5, 0.6) is 11.5 Å². The van der Waals surface area contributed by atoms with Gasteiger partial charge in [0.15, 0.2) is 12.2 Å². The number of hydrogen-bond acceptors (Lipinski definition) is 5. The van der Waals surface area contributed by atoms with E-state index in [2.05, 4.69) is 11.9 Å². The lowest BCUT2D eigenvalue weighted by Gasteiger charge is -2.07. The molecule has 28 heavy (non-hydrogen) atoms. The average molecular weight is 373 g/mol. The quantitative estimate of drug-likeness (QED) is 0.350. The predicted octanol–water partition coefficient (Wildman–Crippen LogP) is 5.04. The van der Waals surface area contributed by atoms with E-state index < -0.39 is 5.97 Å². The Bertz CT molecular complexity index is 1080. The fourth-order valence-electron chi connectivity index (χ4n) is 2.80. The minimum Gasteiger partial charge on any atom is -0.482 e. The van der Waals surface area contributed by atoms with Gasteiger partial charge < -0.3 is 13.9 Å². The molecule has 0 bridgehead atoms. The second-order valence-corrected chi connectivity index (χ2v) is 6.27. The lowest BCUT2D eigenvalue weighted by Crippen LogP contribution is -2.17. The van der Waals surface area contributed by atoms with E-state index in [1.165, 1.54) is 5.56 Å². The van der Waals surface area contributed by atoms with Gasteiger partial charge in [0.1, 0.15) is 17.0 Å². The third kappa shape index (κ3) is 4.04. The molecule has 3 aromatic carbocycles. The lowest BCUT2D eigenvalue weighted by molar-refractivity contribution is -0.136. The smallest absolute Gasteiger partial charge is 0.349 e. The van der Waals surface area contributed by atoms with Gasteiger partial charge in [-0.25, -0.2) is 9.78 Å². The Hall–Kier alpha value is -3.60. The van der Waals surface area contributed by atoms with E-state index >= 15 is 0 Å². The topological polar surface area (TPSA) is 61.6 Å². The summed E-state index contributed by atoms with van der Waals surface area (Å²) in [5.41, 5.74) is 3.36. The second kappa shape index (κ2) is 7.96. The van der Waals surface area contributed by atoms with Crippen molar-refractivity contribution in [2.75, 3.05) is 6.61 Å². The van der Waals surface area contributed by atoms with Crippen LogP contribution in [0.15, 0.2) is 77.2 Å². The number of hydrogen-bond donors (Lipinski definition) is 0. The summed E-state index contributed by atoms with van der Waals surface area (Å²) >= 11 is 0. The highest BCUT2D eigenvalue weighted by Gasteiger charge is 2.11. The number of aromatic nitrogens is 1. The molecule has 0 saturated carbocycles. The third-order valence-corrected chi connectivity index (χ3v) is 4.30. The molecule has 0 amide bonds. The van der Waals surface area contributed by atoms with Gasteiger partial charge in [-0.15, -0.1) is 0 Å². The molecule has 0 spiro atoms. The number of rotatable bonds is 6. The van der Waals surface area contributed by atoms with Crippen LogP contribution in [0.4, 0.5) is 0 Å². The summed E-state index contributed by atoms with van der Waals surface area (Å²) in [6.45, 7) is 1.91. The Kier molecular flexibility index (Phi) is 5.06. The first-order valence-corrected chi connectivity index (χ1v) is 9.09. The molecule has 0 fully saturated rings. The summed E-state index contributed by atoms with van der Waals surface area (Å²) in [5.74, 6) is 1.06. The largest absolute Gasteiger partial charge is 0.482 e. The van der Waals surface area contributed by atoms with E-state index in [1.807, 2.05) is 54.6 Å². The van der Waals surface area contributed by atoms with Crippen molar-refractivity contribution in [1.82, 2.24) is 4.98 Å².